The van der Waals surface area contributed by atoms with E-state index >= 15 is 0 Å². The summed E-state index contributed by atoms with van der Waals surface area (Å²) >= 11 is 0. The van der Waals surface area contributed by atoms with E-state index in [4.69, 9.17) is 15.2 Å². The standard InChI is InChI=1S/C18H17N3O4/c1-12-6-7-16-20-13(9-21(16)8-12)10-25-17(22)11-24-15-5-3-2-4-14(15)18(19)23/h2-9H,10-11H2,1H3,(H2,19,23). The lowest BCUT2D eigenvalue weighted by molar-refractivity contribution is -0.147. The molecule has 0 saturated carbocycles. The molecule has 0 radical (unpaired) electrons. The third-order valence-corrected chi connectivity index (χ3v) is 3.53. The summed E-state index contributed by atoms with van der Waals surface area (Å²) in [6.45, 7) is 1.71. The Labute approximate surface area is 144 Å². The molecule has 0 aliphatic carbocycles. The Hall–Kier alpha value is -3.35. The quantitative estimate of drug-likeness (QED) is 0.692. The van der Waals surface area contributed by atoms with Crippen molar-refractivity contribution in [1.82, 2.24) is 9.38 Å². The summed E-state index contributed by atoms with van der Waals surface area (Å²) in [5.74, 6) is -0.938. The number of para-hydroxylation sites is 1. The molecule has 2 N–H and O–H groups in total. The summed E-state index contributed by atoms with van der Waals surface area (Å²) in [4.78, 5) is 27.5. The number of benzene rings is 1. The van der Waals surface area contributed by atoms with Crippen LogP contribution >= 0.6 is 0 Å². The maximum absolute atomic E-state index is 11.8. The number of aryl methyl sites for hydroxylation is 1. The van der Waals surface area contributed by atoms with Crippen LogP contribution in [0, 0.1) is 6.92 Å². The van der Waals surface area contributed by atoms with Crippen molar-refractivity contribution in [2.45, 2.75) is 13.5 Å². The van der Waals surface area contributed by atoms with Crippen molar-refractivity contribution < 1.29 is 19.1 Å². The average Bonchev–Trinajstić information content (AvgIpc) is 3.00. The van der Waals surface area contributed by atoms with Gasteiger partial charge in [-0.1, -0.05) is 18.2 Å². The predicted octanol–water partition coefficient (Wildman–Crippen LogP) is 1.86. The van der Waals surface area contributed by atoms with Crippen LogP contribution in [-0.4, -0.2) is 27.9 Å². The Morgan fingerprint density at radius 3 is 2.76 bits per heavy atom. The maximum Gasteiger partial charge on any atom is 0.344 e. The normalized spacial score (nSPS) is 10.6. The van der Waals surface area contributed by atoms with Gasteiger partial charge in [0.25, 0.3) is 5.91 Å². The molecule has 1 amide bonds. The Bertz CT molecular complexity index is 933. The summed E-state index contributed by atoms with van der Waals surface area (Å²) in [5, 5.41) is 0. The van der Waals surface area contributed by atoms with E-state index in [1.165, 1.54) is 6.07 Å². The molecule has 0 saturated heterocycles. The molecule has 0 atom stereocenters. The van der Waals surface area contributed by atoms with Crippen LogP contribution in [0.25, 0.3) is 5.65 Å². The van der Waals surface area contributed by atoms with E-state index in [0.717, 1.165) is 11.2 Å². The molecule has 7 heteroatoms. The van der Waals surface area contributed by atoms with Crippen molar-refractivity contribution in [3.63, 3.8) is 0 Å². The number of esters is 1. The summed E-state index contributed by atoms with van der Waals surface area (Å²) in [7, 11) is 0. The second kappa shape index (κ2) is 7.04. The topological polar surface area (TPSA) is 95.9 Å². The molecule has 7 nitrogen and oxygen atoms in total. The Morgan fingerprint density at radius 2 is 1.96 bits per heavy atom. The van der Waals surface area contributed by atoms with Crippen LogP contribution < -0.4 is 10.5 Å². The molecule has 3 rings (SSSR count). The van der Waals surface area contributed by atoms with Crippen molar-refractivity contribution in [2.24, 2.45) is 5.73 Å². The molecule has 0 fully saturated rings. The number of carbonyl (C=O) groups excluding carboxylic acids is 2. The third-order valence-electron chi connectivity index (χ3n) is 3.53. The first-order valence-electron chi connectivity index (χ1n) is 7.64. The van der Waals surface area contributed by atoms with Gasteiger partial charge < -0.3 is 19.6 Å². The number of carbonyl (C=O) groups is 2. The number of hydrogen-bond acceptors (Lipinski definition) is 5. The molecule has 0 spiro atoms. The molecule has 1 aromatic carbocycles. The smallest absolute Gasteiger partial charge is 0.344 e. The third kappa shape index (κ3) is 3.95. The number of aromatic nitrogens is 2. The van der Waals surface area contributed by atoms with Crippen molar-refractivity contribution in [2.75, 3.05) is 6.61 Å². The minimum absolute atomic E-state index is 0.0421. The van der Waals surface area contributed by atoms with Crippen LogP contribution in [0.15, 0.2) is 48.8 Å². The van der Waals surface area contributed by atoms with Crippen molar-refractivity contribution in [3.05, 3.63) is 65.6 Å². The lowest BCUT2D eigenvalue weighted by atomic mass is 10.2. The van der Waals surface area contributed by atoms with Crippen molar-refractivity contribution >= 4 is 17.5 Å². The molecule has 2 aromatic heterocycles. The van der Waals surface area contributed by atoms with E-state index in [1.807, 2.05) is 29.7 Å². The van der Waals surface area contributed by atoms with Gasteiger partial charge in [-0.3, -0.25) is 4.79 Å². The highest BCUT2D eigenvalue weighted by Crippen LogP contribution is 2.17. The minimum atomic E-state index is -0.621. The zero-order valence-corrected chi connectivity index (χ0v) is 13.6. The number of nitrogens with zero attached hydrogens (tertiary/aromatic N) is 2. The summed E-state index contributed by atoms with van der Waals surface area (Å²) < 4.78 is 12.3. The number of amides is 1. The molecule has 128 valence electrons. The lowest BCUT2D eigenvalue weighted by Gasteiger charge is -2.08. The highest BCUT2D eigenvalue weighted by atomic mass is 16.6. The van der Waals surface area contributed by atoms with Crippen LogP contribution in [0.3, 0.4) is 0 Å². The molecule has 0 unspecified atom stereocenters. The van der Waals surface area contributed by atoms with E-state index in [2.05, 4.69) is 4.98 Å². The number of ether oxygens (including phenoxy) is 2. The van der Waals surface area contributed by atoms with Crippen LogP contribution in [0.5, 0.6) is 5.75 Å². The molecule has 25 heavy (non-hydrogen) atoms. The number of hydrogen-bond donors (Lipinski definition) is 1. The Balaban J connectivity index is 1.57. The summed E-state index contributed by atoms with van der Waals surface area (Å²) in [5.41, 5.74) is 7.99. The number of nitrogens with two attached hydrogens (primary N) is 1. The van der Waals surface area contributed by atoms with Gasteiger partial charge in [0.2, 0.25) is 0 Å². The van der Waals surface area contributed by atoms with Gasteiger partial charge >= 0.3 is 5.97 Å². The number of pyridine rings is 1. The van der Waals surface area contributed by atoms with E-state index in [0.29, 0.717) is 5.69 Å². The summed E-state index contributed by atoms with van der Waals surface area (Å²) in [6.07, 6.45) is 3.75. The largest absolute Gasteiger partial charge is 0.481 e. The number of fused-ring (bicyclic) bond motifs is 1. The summed E-state index contributed by atoms with van der Waals surface area (Å²) in [6, 6.07) is 10.3. The van der Waals surface area contributed by atoms with Crippen molar-refractivity contribution in [3.8, 4) is 5.75 Å². The molecular weight excluding hydrogens is 322 g/mol. The zero-order valence-electron chi connectivity index (χ0n) is 13.6. The SMILES string of the molecule is Cc1ccc2nc(COC(=O)COc3ccccc3C(N)=O)cn2c1. The molecule has 0 aliphatic heterocycles. The first kappa shape index (κ1) is 16.5. The fourth-order valence-electron chi connectivity index (χ4n) is 2.35. The van der Waals surface area contributed by atoms with Crippen LogP contribution in [0.4, 0.5) is 0 Å². The number of rotatable bonds is 6. The number of imidazole rings is 1. The highest BCUT2D eigenvalue weighted by Gasteiger charge is 2.12. The van der Waals surface area contributed by atoms with Crippen LogP contribution in [-0.2, 0) is 16.1 Å². The van der Waals surface area contributed by atoms with Crippen molar-refractivity contribution in [1.29, 1.82) is 0 Å². The molecule has 2 heterocycles. The van der Waals surface area contributed by atoms with Gasteiger partial charge in [-0.05, 0) is 30.7 Å². The second-order valence-electron chi connectivity index (χ2n) is 5.51. The van der Waals surface area contributed by atoms with Gasteiger partial charge in [0.1, 0.15) is 18.0 Å². The van der Waals surface area contributed by atoms with E-state index in [-0.39, 0.29) is 24.5 Å². The molecule has 3 aromatic rings. The van der Waals surface area contributed by atoms with Gasteiger partial charge in [0.15, 0.2) is 6.61 Å². The molecule has 0 aliphatic rings. The zero-order chi connectivity index (χ0) is 17.8. The fourth-order valence-corrected chi connectivity index (χ4v) is 2.35. The second-order valence-corrected chi connectivity index (χ2v) is 5.51. The lowest BCUT2D eigenvalue weighted by Crippen LogP contribution is -2.18. The highest BCUT2D eigenvalue weighted by molar-refractivity contribution is 5.95. The van der Waals surface area contributed by atoms with E-state index < -0.39 is 11.9 Å². The first-order chi connectivity index (χ1) is 12.0. The Kier molecular flexibility index (Phi) is 4.65. The van der Waals surface area contributed by atoms with E-state index in [9.17, 15) is 9.59 Å². The minimum Gasteiger partial charge on any atom is -0.481 e. The van der Waals surface area contributed by atoms with Crippen LogP contribution in [0.1, 0.15) is 21.6 Å². The Morgan fingerprint density at radius 1 is 1.16 bits per heavy atom. The van der Waals surface area contributed by atoms with Gasteiger partial charge in [-0.15, -0.1) is 0 Å². The maximum atomic E-state index is 11.8. The monoisotopic (exact) mass is 339 g/mol. The average molecular weight is 339 g/mol. The predicted molar refractivity (Wildman–Crippen MR) is 90.2 cm³/mol. The van der Waals surface area contributed by atoms with Crippen LogP contribution in [0.2, 0.25) is 0 Å². The number of primary amides is 1. The van der Waals surface area contributed by atoms with E-state index in [1.54, 1.807) is 24.4 Å². The van der Waals surface area contributed by atoms with Gasteiger partial charge in [-0.2, -0.15) is 0 Å². The van der Waals surface area contributed by atoms with Gasteiger partial charge in [-0.25, -0.2) is 9.78 Å². The fraction of sp³-hybridized carbons (Fsp3) is 0.167. The molecule has 0 bridgehead atoms. The van der Waals surface area contributed by atoms with Gasteiger partial charge in [0, 0.05) is 12.4 Å². The first-order valence-corrected chi connectivity index (χ1v) is 7.64. The van der Waals surface area contributed by atoms with Gasteiger partial charge in [0.05, 0.1) is 11.3 Å². The molecular formula is C18H17N3O4.